The van der Waals surface area contributed by atoms with E-state index in [0.717, 1.165) is 11.1 Å². The summed E-state index contributed by atoms with van der Waals surface area (Å²) < 4.78 is 10.3. The molecule has 0 heterocycles. The Morgan fingerprint density at radius 3 is 2.35 bits per heavy atom. The van der Waals surface area contributed by atoms with Gasteiger partial charge in [-0.05, 0) is 36.4 Å². The normalized spacial score (nSPS) is 9.20. The number of hydrogen-bond acceptors (Lipinski definition) is 3. The summed E-state index contributed by atoms with van der Waals surface area (Å²) in [7, 11) is 1.57. The van der Waals surface area contributed by atoms with Crippen molar-refractivity contribution in [1.82, 2.24) is 0 Å². The predicted molar refractivity (Wildman–Crippen MR) is 76.1 cm³/mol. The van der Waals surface area contributed by atoms with Crippen molar-refractivity contribution >= 4 is 0 Å². The summed E-state index contributed by atoms with van der Waals surface area (Å²) in [5, 5.41) is 8.74. The molecule has 0 aliphatic carbocycles. The lowest BCUT2D eigenvalue weighted by Crippen LogP contribution is -2.00. The zero-order valence-corrected chi connectivity index (χ0v) is 11.1. The van der Waals surface area contributed by atoms with Crippen molar-refractivity contribution in [3.63, 3.8) is 0 Å². The highest BCUT2D eigenvalue weighted by molar-refractivity contribution is 5.50. The molecule has 0 bridgehead atoms. The maximum absolute atomic E-state index is 8.74. The number of nitrogens with zero attached hydrogens (tertiary/aromatic N) is 1. The van der Waals surface area contributed by atoms with Gasteiger partial charge >= 0.3 is 0 Å². The van der Waals surface area contributed by atoms with Crippen LogP contribution in [0.3, 0.4) is 0 Å². The molecule has 0 aromatic heterocycles. The van der Waals surface area contributed by atoms with Gasteiger partial charge in [0.1, 0.15) is 5.75 Å². The average molecular weight is 263 g/mol. The van der Waals surface area contributed by atoms with Crippen molar-refractivity contribution in [3.8, 4) is 23.7 Å². The van der Waals surface area contributed by atoms with Crippen LogP contribution in [0, 0.1) is 23.2 Å². The van der Waals surface area contributed by atoms with E-state index in [4.69, 9.17) is 14.7 Å². The average Bonchev–Trinajstić information content (AvgIpc) is 2.52. The van der Waals surface area contributed by atoms with Crippen LogP contribution in [0.5, 0.6) is 5.75 Å². The standard InChI is InChI=1S/C17H13NO2/c1-19-13-20-17-5-3-2-4-16(17)11-10-14-6-8-15(12-18)9-7-14/h2-9H,13H2,1H3. The summed E-state index contributed by atoms with van der Waals surface area (Å²) in [6, 6.07) is 16.8. The Morgan fingerprint density at radius 2 is 1.65 bits per heavy atom. The minimum Gasteiger partial charge on any atom is -0.466 e. The Balaban J connectivity index is 2.21. The van der Waals surface area contributed by atoms with Crippen LogP contribution in [0.2, 0.25) is 0 Å². The summed E-state index contributed by atoms with van der Waals surface area (Å²) in [6.45, 7) is 0.190. The second-order valence-corrected chi connectivity index (χ2v) is 3.99. The molecular formula is C17H13NO2. The van der Waals surface area contributed by atoms with E-state index in [1.807, 2.05) is 36.4 Å². The van der Waals surface area contributed by atoms with E-state index in [9.17, 15) is 0 Å². The first kappa shape index (κ1) is 13.7. The third-order valence-electron chi connectivity index (χ3n) is 2.57. The third-order valence-corrected chi connectivity index (χ3v) is 2.57. The number of methoxy groups -OCH3 is 1. The molecule has 0 fully saturated rings. The van der Waals surface area contributed by atoms with E-state index in [2.05, 4.69) is 17.9 Å². The highest BCUT2D eigenvalue weighted by atomic mass is 16.7. The molecule has 2 aromatic rings. The van der Waals surface area contributed by atoms with Crippen molar-refractivity contribution in [2.24, 2.45) is 0 Å². The van der Waals surface area contributed by atoms with Crippen LogP contribution in [-0.2, 0) is 4.74 Å². The molecule has 3 nitrogen and oxygen atoms in total. The summed E-state index contributed by atoms with van der Waals surface area (Å²) >= 11 is 0. The van der Waals surface area contributed by atoms with Crippen LogP contribution in [0.15, 0.2) is 48.5 Å². The molecular weight excluding hydrogens is 250 g/mol. The van der Waals surface area contributed by atoms with Crippen LogP contribution >= 0.6 is 0 Å². The molecule has 0 aliphatic rings. The number of para-hydroxylation sites is 1. The predicted octanol–water partition coefficient (Wildman–Crippen LogP) is 2.94. The van der Waals surface area contributed by atoms with Gasteiger partial charge in [-0.25, -0.2) is 0 Å². The smallest absolute Gasteiger partial charge is 0.188 e. The van der Waals surface area contributed by atoms with E-state index in [1.165, 1.54) is 0 Å². The first-order valence-electron chi connectivity index (χ1n) is 6.06. The van der Waals surface area contributed by atoms with Gasteiger partial charge in [0.25, 0.3) is 0 Å². The third kappa shape index (κ3) is 3.62. The second kappa shape index (κ2) is 6.99. The monoisotopic (exact) mass is 263 g/mol. The van der Waals surface area contributed by atoms with E-state index < -0.39 is 0 Å². The molecule has 0 N–H and O–H groups in total. The summed E-state index contributed by atoms with van der Waals surface area (Å²) in [5.74, 6) is 6.80. The van der Waals surface area contributed by atoms with Crippen LogP contribution in [0.25, 0.3) is 0 Å². The first-order valence-corrected chi connectivity index (χ1v) is 6.06. The van der Waals surface area contributed by atoms with E-state index in [0.29, 0.717) is 11.3 Å². The van der Waals surface area contributed by atoms with Gasteiger partial charge in [0.2, 0.25) is 0 Å². The Morgan fingerprint density at radius 1 is 0.950 bits per heavy atom. The highest BCUT2D eigenvalue weighted by Crippen LogP contribution is 2.16. The molecule has 0 unspecified atom stereocenters. The van der Waals surface area contributed by atoms with Gasteiger partial charge in [-0.1, -0.05) is 24.0 Å². The van der Waals surface area contributed by atoms with Crippen molar-refractivity contribution in [3.05, 3.63) is 65.2 Å². The first-order chi connectivity index (χ1) is 9.83. The van der Waals surface area contributed by atoms with Gasteiger partial charge in [0, 0.05) is 12.7 Å². The van der Waals surface area contributed by atoms with E-state index in [1.54, 1.807) is 19.2 Å². The number of nitriles is 1. The van der Waals surface area contributed by atoms with Crippen LogP contribution in [-0.4, -0.2) is 13.9 Å². The molecule has 0 spiro atoms. The highest BCUT2D eigenvalue weighted by Gasteiger charge is 1.99. The Bertz CT molecular complexity index is 673. The van der Waals surface area contributed by atoms with E-state index in [-0.39, 0.29) is 6.79 Å². The number of hydrogen-bond donors (Lipinski definition) is 0. The molecule has 0 atom stereocenters. The van der Waals surface area contributed by atoms with Gasteiger partial charge in [-0.15, -0.1) is 0 Å². The lowest BCUT2D eigenvalue weighted by molar-refractivity contribution is 0.0509. The Hall–Kier alpha value is -2.75. The fourth-order valence-electron chi connectivity index (χ4n) is 1.59. The fourth-order valence-corrected chi connectivity index (χ4v) is 1.59. The molecule has 0 aliphatic heterocycles. The lowest BCUT2D eigenvalue weighted by atomic mass is 10.1. The van der Waals surface area contributed by atoms with Gasteiger partial charge in [-0.3, -0.25) is 0 Å². The van der Waals surface area contributed by atoms with Crippen molar-refractivity contribution < 1.29 is 9.47 Å². The number of rotatable bonds is 3. The summed E-state index contributed by atoms with van der Waals surface area (Å²) in [4.78, 5) is 0. The largest absolute Gasteiger partial charge is 0.466 e. The van der Waals surface area contributed by atoms with Crippen LogP contribution in [0.4, 0.5) is 0 Å². The minimum atomic E-state index is 0.190. The van der Waals surface area contributed by atoms with Crippen molar-refractivity contribution in [2.75, 3.05) is 13.9 Å². The fraction of sp³-hybridized carbons (Fsp3) is 0.118. The minimum absolute atomic E-state index is 0.190. The molecule has 2 aromatic carbocycles. The van der Waals surface area contributed by atoms with Crippen LogP contribution in [0.1, 0.15) is 16.7 Å². The molecule has 98 valence electrons. The maximum atomic E-state index is 8.74. The number of benzene rings is 2. The topological polar surface area (TPSA) is 42.2 Å². The van der Waals surface area contributed by atoms with Gasteiger partial charge in [0.15, 0.2) is 6.79 Å². The maximum Gasteiger partial charge on any atom is 0.188 e. The SMILES string of the molecule is COCOc1ccccc1C#Cc1ccc(C#N)cc1. The zero-order chi connectivity index (χ0) is 14.2. The Labute approximate surface area is 118 Å². The van der Waals surface area contributed by atoms with E-state index >= 15 is 0 Å². The second-order valence-electron chi connectivity index (χ2n) is 3.99. The van der Waals surface area contributed by atoms with Crippen molar-refractivity contribution in [1.29, 1.82) is 5.26 Å². The van der Waals surface area contributed by atoms with Gasteiger partial charge in [0.05, 0.1) is 17.2 Å². The molecule has 20 heavy (non-hydrogen) atoms. The molecule has 0 saturated heterocycles. The Kier molecular flexibility index (Phi) is 4.78. The van der Waals surface area contributed by atoms with Gasteiger partial charge in [-0.2, -0.15) is 5.26 Å². The molecule has 2 rings (SSSR count). The zero-order valence-electron chi connectivity index (χ0n) is 11.1. The lowest BCUT2D eigenvalue weighted by Gasteiger charge is -2.05. The quantitative estimate of drug-likeness (QED) is 0.631. The number of ether oxygens (including phenoxy) is 2. The van der Waals surface area contributed by atoms with Gasteiger partial charge < -0.3 is 9.47 Å². The molecule has 0 radical (unpaired) electrons. The molecule has 0 saturated carbocycles. The summed E-state index contributed by atoms with van der Waals surface area (Å²) in [6.07, 6.45) is 0. The van der Waals surface area contributed by atoms with Crippen molar-refractivity contribution in [2.45, 2.75) is 0 Å². The summed E-state index contributed by atoms with van der Waals surface area (Å²) in [5.41, 5.74) is 2.28. The van der Waals surface area contributed by atoms with Crippen LogP contribution < -0.4 is 4.74 Å². The molecule has 3 heteroatoms. The molecule has 0 amide bonds.